The maximum atomic E-state index is 13.2. The quantitative estimate of drug-likeness (QED) is 0.917. The molecule has 1 N–H and O–H groups in total. The van der Waals surface area contributed by atoms with E-state index in [1.54, 1.807) is 0 Å². The first-order valence-corrected chi connectivity index (χ1v) is 9.88. The minimum Gasteiger partial charge on any atom is -0.379 e. The molecular formula is C21H29N3O2. The molecule has 3 heterocycles. The molecule has 1 aromatic carbocycles. The van der Waals surface area contributed by atoms with Gasteiger partial charge in [0.1, 0.15) is 0 Å². The molecule has 1 atom stereocenters. The van der Waals surface area contributed by atoms with E-state index in [4.69, 9.17) is 4.74 Å². The number of benzene rings is 1. The maximum Gasteiger partial charge on any atom is 0.227 e. The van der Waals surface area contributed by atoms with Gasteiger partial charge in [0.2, 0.25) is 5.91 Å². The Morgan fingerprint density at radius 3 is 2.85 bits per heavy atom. The first-order valence-electron chi connectivity index (χ1n) is 9.88. The molecule has 2 aromatic rings. The van der Waals surface area contributed by atoms with Crippen molar-refractivity contribution in [1.29, 1.82) is 0 Å². The third-order valence-corrected chi connectivity index (χ3v) is 5.88. The van der Waals surface area contributed by atoms with E-state index >= 15 is 0 Å². The Hall–Kier alpha value is -1.85. The number of carbonyl (C=O) groups excluding carboxylic acids is 1. The lowest BCUT2D eigenvalue weighted by atomic mass is 9.99. The number of aryl methyl sites for hydroxylation is 1. The van der Waals surface area contributed by atoms with Crippen LogP contribution in [0.5, 0.6) is 0 Å². The Morgan fingerprint density at radius 2 is 2.00 bits per heavy atom. The molecule has 140 valence electrons. The number of amides is 1. The van der Waals surface area contributed by atoms with Crippen molar-refractivity contribution in [2.24, 2.45) is 0 Å². The SMILES string of the molecule is Cc1[nH]c2ccccc2c1CC(=O)N1CCCC[C@@H]1CN1CCOCC1. The second-order valence-electron chi connectivity index (χ2n) is 7.60. The summed E-state index contributed by atoms with van der Waals surface area (Å²) in [6.07, 6.45) is 3.97. The van der Waals surface area contributed by atoms with Crippen LogP contribution in [0.25, 0.3) is 10.9 Å². The highest BCUT2D eigenvalue weighted by Gasteiger charge is 2.29. The Bertz CT molecular complexity index is 764. The fourth-order valence-electron chi connectivity index (χ4n) is 4.42. The summed E-state index contributed by atoms with van der Waals surface area (Å²) in [5.74, 6) is 0.274. The summed E-state index contributed by atoms with van der Waals surface area (Å²) in [6.45, 7) is 7.56. The van der Waals surface area contributed by atoms with E-state index in [2.05, 4.69) is 33.8 Å². The van der Waals surface area contributed by atoms with E-state index in [0.717, 1.165) is 69.0 Å². The first-order chi connectivity index (χ1) is 12.7. The average molecular weight is 355 g/mol. The van der Waals surface area contributed by atoms with Gasteiger partial charge in [0.25, 0.3) is 0 Å². The van der Waals surface area contributed by atoms with Crippen LogP contribution >= 0.6 is 0 Å². The number of nitrogens with one attached hydrogen (secondary N) is 1. The molecule has 26 heavy (non-hydrogen) atoms. The van der Waals surface area contributed by atoms with E-state index in [1.807, 2.05) is 12.1 Å². The third kappa shape index (κ3) is 3.64. The average Bonchev–Trinajstić information content (AvgIpc) is 2.98. The molecule has 1 aromatic heterocycles. The molecule has 5 nitrogen and oxygen atoms in total. The van der Waals surface area contributed by atoms with Crippen LogP contribution in [0.15, 0.2) is 24.3 Å². The third-order valence-electron chi connectivity index (χ3n) is 5.88. The Labute approximate surface area is 155 Å². The molecule has 0 saturated carbocycles. The number of rotatable bonds is 4. The van der Waals surface area contributed by atoms with Crippen molar-refractivity contribution in [3.05, 3.63) is 35.5 Å². The van der Waals surface area contributed by atoms with Crippen molar-refractivity contribution < 1.29 is 9.53 Å². The fourth-order valence-corrected chi connectivity index (χ4v) is 4.42. The summed E-state index contributed by atoms with van der Waals surface area (Å²) in [5.41, 5.74) is 3.39. The van der Waals surface area contributed by atoms with Crippen LogP contribution < -0.4 is 0 Å². The van der Waals surface area contributed by atoms with Gasteiger partial charge in [-0.1, -0.05) is 18.2 Å². The van der Waals surface area contributed by atoms with Crippen molar-refractivity contribution in [3.8, 4) is 0 Å². The van der Waals surface area contributed by atoms with E-state index < -0.39 is 0 Å². The lowest BCUT2D eigenvalue weighted by molar-refractivity contribution is -0.134. The molecular weight excluding hydrogens is 326 g/mol. The van der Waals surface area contributed by atoms with Gasteiger partial charge in [-0.3, -0.25) is 9.69 Å². The van der Waals surface area contributed by atoms with Gasteiger partial charge in [0.05, 0.1) is 19.6 Å². The lowest BCUT2D eigenvalue weighted by Crippen LogP contribution is -2.51. The van der Waals surface area contributed by atoms with Crippen LogP contribution in [0.4, 0.5) is 0 Å². The number of fused-ring (bicyclic) bond motifs is 1. The molecule has 1 amide bonds. The molecule has 5 heteroatoms. The molecule has 0 aliphatic carbocycles. The highest BCUT2D eigenvalue weighted by molar-refractivity contribution is 5.90. The number of ether oxygens (including phenoxy) is 1. The Kier molecular flexibility index (Phi) is 5.27. The second-order valence-corrected chi connectivity index (χ2v) is 7.60. The zero-order chi connectivity index (χ0) is 17.9. The number of likely N-dealkylation sites (tertiary alicyclic amines) is 1. The van der Waals surface area contributed by atoms with Crippen LogP contribution in [0.2, 0.25) is 0 Å². The van der Waals surface area contributed by atoms with Gasteiger partial charge in [0, 0.05) is 48.8 Å². The molecule has 0 spiro atoms. The van der Waals surface area contributed by atoms with Crippen LogP contribution in [0.1, 0.15) is 30.5 Å². The van der Waals surface area contributed by atoms with E-state index in [1.165, 1.54) is 11.8 Å². The summed E-state index contributed by atoms with van der Waals surface area (Å²) in [4.78, 5) is 21.2. The van der Waals surface area contributed by atoms with Gasteiger partial charge in [-0.05, 0) is 37.8 Å². The monoisotopic (exact) mass is 355 g/mol. The zero-order valence-corrected chi connectivity index (χ0v) is 15.7. The smallest absolute Gasteiger partial charge is 0.227 e. The number of nitrogens with zero attached hydrogens (tertiary/aromatic N) is 2. The van der Waals surface area contributed by atoms with Gasteiger partial charge in [-0.25, -0.2) is 0 Å². The van der Waals surface area contributed by atoms with Crippen molar-refractivity contribution >= 4 is 16.8 Å². The number of aromatic nitrogens is 1. The van der Waals surface area contributed by atoms with E-state index in [9.17, 15) is 4.79 Å². The van der Waals surface area contributed by atoms with Crippen LogP contribution in [0, 0.1) is 6.92 Å². The van der Waals surface area contributed by atoms with Gasteiger partial charge in [0.15, 0.2) is 0 Å². The zero-order valence-electron chi connectivity index (χ0n) is 15.7. The van der Waals surface area contributed by atoms with Gasteiger partial charge in [-0.2, -0.15) is 0 Å². The van der Waals surface area contributed by atoms with Crippen LogP contribution in [0.3, 0.4) is 0 Å². The number of aromatic amines is 1. The Balaban J connectivity index is 1.48. The van der Waals surface area contributed by atoms with E-state index in [0.29, 0.717) is 12.5 Å². The van der Waals surface area contributed by atoms with Crippen LogP contribution in [-0.4, -0.2) is 66.1 Å². The van der Waals surface area contributed by atoms with Crippen molar-refractivity contribution in [2.75, 3.05) is 39.4 Å². The number of morpholine rings is 1. The molecule has 2 fully saturated rings. The molecule has 2 aliphatic rings. The number of para-hydroxylation sites is 1. The first kappa shape index (κ1) is 17.6. The normalized spacial score (nSPS) is 22.0. The maximum absolute atomic E-state index is 13.2. The van der Waals surface area contributed by atoms with Gasteiger partial charge < -0.3 is 14.6 Å². The number of hydrogen-bond donors (Lipinski definition) is 1. The van der Waals surface area contributed by atoms with E-state index in [-0.39, 0.29) is 5.91 Å². The predicted octanol–water partition coefficient (Wildman–Crippen LogP) is 2.73. The summed E-state index contributed by atoms with van der Waals surface area (Å²) < 4.78 is 5.46. The second kappa shape index (κ2) is 7.80. The van der Waals surface area contributed by atoms with Crippen molar-refractivity contribution in [2.45, 2.75) is 38.6 Å². The minimum atomic E-state index is 0.274. The summed E-state index contributed by atoms with van der Waals surface area (Å²) in [5, 5.41) is 1.18. The number of hydrogen-bond acceptors (Lipinski definition) is 3. The molecule has 0 unspecified atom stereocenters. The summed E-state index contributed by atoms with van der Waals surface area (Å²) in [7, 11) is 0. The predicted molar refractivity (Wildman–Crippen MR) is 103 cm³/mol. The number of piperidine rings is 1. The number of carbonyl (C=O) groups is 1. The molecule has 0 bridgehead atoms. The molecule has 2 aliphatic heterocycles. The van der Waals surface area contributed by atoms with Crippen LogP contribution in [-0.2, 0) is 16.0 Å². The Morgan fingerprint density at radius 1 is 1.19 bits per heavy atom. The summed E-state index contributed by atoms with van der Waals surface area (Å²) >= 11 is 0. The largest absolute Gasteiger partial charge is 0.379 e. The lowest BCUT2D eigenvalue weighted by Gasteiger charge is -2.39. The minimum absolute atomic E-state index is 0.274. The number of H-pyrrole nitrogens is 1. The standard InChI is InChI=1S/C21H29N3O2/c1-16-19(18-7-2-3-8-20(18)22-16)14-21(25)24-9-5-4-6-17(24)15-23-10-12-26-13-11-23/h2-3,7-8,17,22H,4-6,9-15H2,1H3/t17-/m1/s1. The molecule has 2 saturated heterocycles. The topological polar surface area (TPSA) is 48.6 Å². The van der Waals surface area contributed by atoms with Crippen molar-refractivity contribution in [3.63, 3.8) is 0 Å². The van der Waals surface area contributed by atoms with Gasteiger partial charge >= 0.3 is 0 Å². The molecule has 0 radical (unpaired) electrons. The van der Waals surface area contributed by atoms with Crippen molar-refractivity contribution in [1.82, 2.24) is 14.8 Å². The van der Waals surface area contributed by atoms with Gasteiger partial charge in [-0.15, -0.1) is 0 Å². The highest BCUT2D eigenvalue weighted by atomic mass is 16.5. The highest BCUT2D eigenvalue weighted by Crippen LogP contribution is 2.25. The summed E-state index contributed by atoms with van der Waals surface area (Å²) in [6, 6.07) is 8.62. The molecule has 4 rings (SSSR count). The fraction of sp³-hybridized carbons (Fsp3) is 0.571.